The molecule has 0 amide bonds. The number of rotatable bonds is 10. The van der Waals surface area contributed by atoms with Crippen LogP contribution >= 0.6 is 0 Å². The highest BCUT2D eigenvalue weighted by Crippen LogP contribution is 2.31. The summed E-state index contributed by atoms with van der Waals surface area (Å²) in [6.07, 6.45) is 0. The van der Waals surface area contributed by atoms with Crippen LogP contribution in [0.5, 0.6) is 11.5 Å². The molecule has 2 rings (SSSR count). The summed E-state index contributed by atoms with van der Waals surface area (Å²) in [7, 11) is 1.33. The number of ketones is 1. The lowest BCUT2D eigenvalue weighted by atomic mass is 10.0. The molecule has 0 radical (unpaired) electrons. The Hall–Kier alpha value is -2.80. The van der Waals surface area contributed by atoms with E-state index >= 15 is 0 Å². The minimum atomic E-state index is -0.468. The van der Waals surface area contributed by atoms with E-state index in [4.69, 9.17) is 14.2 Å². The van der Waals surface area contributed by atoms with Crippen LogP contribution in [0.2, 0.25) is 0 Å². The molecule has 0 aliphatic rings. The highest BCUT2D eigenvalue weighted by molar-refractivity contribution is 6.03. The zero-order chi connectivity index (χ0) is 22.4. The smallest absolute Gasteiger partial charge is 0.339 e. The quantitative estimate of drug-likeness (QED) is 0.447. The number of carbonyl (C=O) groups excluding carboxylic acids is 2. The molecule has 2 atom stereocenters. The average Bonchev–Trinajstić information content (AvgIpc) is 3.02. The Balaban J connectivity index is 2.19. The Bertz CT molecular complexity index is 903. The number of hydrogen-bond donors (Lipinski definition) is 2. The van der Waals surface area contributed by atoms with Crippen LogP contribution in [0.4, 0.5) is 0 Å². The first-order valence-corrected chi connectivity index (χ1v) is 10.2. The molecule has 164 valence electrons. The number of aryl methyl sites for hydroxylation is 1. The Labute approximate surface area is 178 Å². The van der Waals surface area contributed by atoms with Gasteiger partial charge in [-0.25, -0.2) is 4.79 Å². The molecule has 0 unspecified atom stereocenters. The number of esters is 1. The van der Waals surface area contributed by atoms with Gasteiger partial charge in [0.1, 0.15) is 0 Å². The van der Waals surface area contributed by atoms with E-state index in [2.05, 4.69) is 10.3 Å². The Kier molecular flexibility index (Phi) is 8.06. The van der Waals surface area contributed by atoms with Crippen molar-refractivity contribution >= 4 is 11.8 Å². The fourth-order valence-corrected chi connectivity index (χ4v) is 3.51. The molecule has 7 nitrogen and oxygen atoms in total. The van der Waals surface area contributed by atoms with Gasteiger partial charge in [-0.3, -0.25) is 4.79 Å². The summed E-state index contributed by atoms with van der Waals surface area (Å²) in [5.74, 6) is 0.816. The average molecular weight is 417 g/mol. The van der Waals surface area contributed by atoms with Crippen LogP contribution in [-0.4, -0.2) is 43.1 Å². The molecule has 0 fully saturated rings. The van der Waals surface area contributed by atoms with Crippen molar-refractivity contribution in [3.05, 3.63) is 46.3 Å². The summed E-state index contributed by atoms with van der Waals surface area (Å²) < 4.78 is 16.1. The maximum atomic E-state index is 13.0. The fraction of sp³-hybridized carbons (Fsp3) is 0.478. The van der Waals surface area contributed by atoms with E-state index in [1.807, 2.05) is 45.9 Å². The summed E-state index contributed by atoms with van der Waals surface area (Å²) in [6.45, 7) is 12.2. The highest BCUT2D eigenvalue weighted by atomic mass is 16.5. The Morgan fingerprint density at radius 2 is 1.70 bits per heavy atom. The molecule has 1 aromatic carbocycles. The second kappa shape index (κ2) is 10.3. The molecule has 0 bridgehead atoms. The number of methoxy groups -OCH3 is 1. The Morgan fingerprint density at radius 1 is 1.07 bits per heavy atom. The van der Waals surface area contributed by atoms with Gasteiger partial charge < -0.3 is 24.5 Å². The van der Waals surface area contributed by atoms with Gasteiger partial charge >= 0.3 is 5.97 Å². The lowest BCUT2D eigenvalue weighted by molar-refractivity contribution is 0.0599. The van der Waals surface area contributed by atoms with Gasteiger partial charge in [0.25, 0.3) is 0 Å². The van der Waals surface area contributed by atoms with Gasteiger partial charge in [-0.2, -0.15) is 0 Å². The molecule has 0 aliphatic carbocycles. The van der Waals surface area contributed by atoms with Gasteiger partial charge in [0.05, 0.1) is 37.6 Å². The van der Waals surface area contributed by atoms with Gasteiger partial charge in [0.2, 0.25) is 0 Å². The minimum Gasteiger partial charge on any atom is -0.490 e. The Morgan fingerprint density at radius 3 is 2.30 bits per heavy atom. The second-order valence-corrected chi connectivity index (χ2v) is 7.16. The number of Topliss-reactive ketones (excluding diaryl/α,β-unsaturated/α-hetero) is 1. The summed E-state index contributed by atoms with van der Waals surface area (Å²) in [4.78, 5) is 28.1. The van der Waals surface area contributed by atoms with Crippen molar-refractivity contribution in [3.8, 4) is 11.5 Å². The van der Waals surface area contributed by atoms with Crippen LogP contribution in [0, 0.1) is 13.8 Å². The summed E-state index contributed by atoms with van der Waals surface area (Å²) in [5, 5.41) is 3.33. The highest BCUT2D eigenvalue weighted by Gasteiger charge is 2.26. The molecule has 2 aromatic rings. The molecule has 1 heterocycles. The number of carbonyl (C=O) groups is 2. The normalized spacial score (nSPS) is 12.9. The van der Waals surface area contributed by atoms with Crippen molar-refractivity contribution in [3.63, 3.8) is 0 Å². The monoisotopic (exact) mass is 416 g/mol. The molecule has 0 saturated heterocycles. The van der Waals surface area contributed by atoms with E-state index in [1.165, 1.54) is 7.11 Å². The van der Waals surface area contributed by atoms with Crippen molar-refractivity contribution < 1.29 is 23.8 Å². The van der Waals surface area contributed by atoms with E-state index in [0.29, 0.717) is 47.2 Å². The van der Waals surface area contributed by atoms with E-state index in [9.17, 15) is 9.59 Å². The van der Waals surface area contributed by atoms with Crippen LogP contribution in [0.1, 0.15) is 71.4 Å². The van der Waals surface area contributed by atoms with Gasteiger partial charge in [0.15, 0.2) is 17.3 Å². The summed E-state index contributed by atoms with van der Waals surface area (Å²) in [6, 6.07) is 5.21. The number of aromatic amines is 1. The number of aromatic nitrogens is 1. The first-order chi connectivity index (χ1) is 14.2. The second-order valence-electron chi connectivity index (χ2n) is 7.16. The molecular weight excluding hydrogens is 384 g/mol. The fourth-order valence-electron chi connectivity index (χ4n) is 3.51. The molecular formula is C23H32N2O5. The lowest BCUT2D eigenvalue weighted by Gasteiger charge is -2.21. The van der Waals surface area contributed by atoms with Gasteiger partial charge in [-0.1, -0.05) is 6.07 Å². The lowest BCUT2D eigenvalue weighted by Crippen LogP contribution is -2.36. The molecule has 30 heavy (non-hydrogen) atoms. The summed E-state index contributed by atoms with van der Waals surface area (Å²) in [5.41, 5.74) is 3.04. The molecule has 0 aliphatic heterocycles. The van der Waals surface area contributed by atoms with Crippen molar-refractivity contribution in [2.24, 2.45) is 0 Å². The van der Waals surface area contributed by atoms with Gasteiger partial charge in [0, 0.05) is 11.7 Å². The number of ether oxygens (including phenoxy) is 3. The molecule has 0 spiro atoms. The SMILES string of the molecule is CCOc1ccc([C@H](C)N[C@@H](C)C(=O)c2[nH]c(C)c(C(=O)OC)c2C)cc1OCC. The molecule has 2 N–H and O–H groups in total. The van der Waals surface area contributed by atoms with Gasteiger partial charge in [-0.05, 0) is 64.8 Å². The maximum absolute atomic E-state index is 13.0. The third-order valence-electron chi connectivity index (χ3n) is 5.03. The van der Waals surface area contributed by atoms with E-state index in [1.54, 1.807) is 13.8 Å². The topological polar surface area (TPSA) is 89.7 Å². The number of hydrogen-bond acceptors (Lipinski definition) is 6. The van der Waals surface area contributed by atoms with Crippen LogP contribution in [-0.2, 0) is 4.74 Å². The van der Waals surface area contributed by atoms with Crippen molar-refractivity contribution in [2.75, 3.05) is 20.3 Å². The van der Waals surface area contributed by atoms with E-state index in [0.717, 1.165) is 5.56 Å². The van der Waals surface area contributed by atoms with Crippen molar-refractivity contribution in [2.45, 2.75) is 53.6 Å². The van der Waals surface area contributed by atoms with E-state index in [-0.39, 0.29) is 11.8 Å². The summed E-state index contributed by atoms with van der Waals surface area (Å²) >= 11 is 0. The third-order valence-corrected chi connectivity index (χ3v) is 5.03. The zero-order valence-corrected chi connectivity index (χ0v) is 18.8. The largest absolute Gasteiger partial charge is 0.490 e. The maximum Gasteiger partial charge on any atom is 0.339 e. The molecule has 7 heteroatoms. The predicted molar refractivity (Wildman–Crippen MR) is 116 cm³/mol. The van der Waals surface area contributed by atoms with Crippen molar-refractivity contribution in [1.82, 2.24) is 10.3 Å². The van der Waals surface area contributed by atoms with Crippen molar-refractivity contribution in [1.29, 1.82) is 0 Å². The first-order valence-electron chi connectivity index (χ1n) is 10.2. The van der Waals surface area contributed by atoms with Crippen LogP contribution in [0.3, 0.4) is 0 Å². The van der Waals surface area contributed by atoms with E-state index < -0.39 is 12.0 Å². The number of H-pyrrole nitrogens is 1. The molecule has 0 saturated carbocycles. The zero-order valence-electron chi connectivity index (χ0n) is 18.8. The molecule has 1 aromatic heterocycles. The van der Waals surface area contributed by atoms with Crippen LogP contribution < -0.4 is 14.8 Å². The van der Waals surface area contributed by atoms with Gasteiger partial charge in [-0.15, -0.1) is 0 Å². The first kappa shape index (κ1) is 23.5. The van der Waals surface area contributed by atoms with Crippen LogP contribution in [0.15, 0.2) is 18.2 Å². The third kappa shape index (κ3) is 5.02. The number of nitrogens with one attached hydrogen (secondary N) is 2. The predicted octanol–water partition coefficient (Wildman–Crippen LogP) is 4.14. The minimum absolute atomic E-state index is 0.102. The van der Waals surface area contributed by atoms with Crippen LogP contribution in [0.25, 0.3) is 0 Å². The number of benzene rings is 1. The standard InChI is InChI=1S/C23H32N2O5/c1-8-29-18-11-10-17(12-19(18)30-9-2)14(4)24-16(6)22(26)21-13(3)20(15(5)25-21)23(27)28-7/h10-12,14,16,24-25H,8-9H2,1-7H3/t14-,16-/m0/s1.